The van der Waals surface area contributed by atoms with Gasteiger partial charge in [-0.25, -0.2) is 0 Å². The molecule has 0 radical (unpaired) electrons. The van der Waals surface area contributed by atoms with Gasteiger partial charge in [-0.2, -0.15) is 0 Å². The van der Waals surface area contributed by atoms with Crippen LogP contribution < -0.4 is 5.32 Å². The van der Waals surface area contributed by atoms with Gasteiger partial charge in [-0.3, -0.25) is 14.9 Å². The van der Waals surface area contributed by atoms with Gasteiger partial charge in [0.05, 0.1) is 9.95 Å². The molecule has 7 heteroatoms. The number of hydrogen-bond acceptors (Lipinski definition) is 3. The van der Waals surface area contributed by atoms with Gasteiger partial charge in [-0.1, -0.05) is 44.0 Å². The van der Waals surface area contributed by atoms with Gasteiger partial charge >= 0.3 is 0 Å². The van der Waals surface area contributed by atoms with Gasteiger partial charge in [-0.15, -0.1) is 0 Å². The summed E-state index contributed by atoms with van der Waals surface area (Å²) in [5, 5.41) is 13.5. The first-order chi connectivity index (χ1) is 9.27. The molecular weight excluding hydrogens is 303 g/mol. The Bertz CT molecular complexity index is 533. The highest BCUT2D eigenvalue weighted by Crippen LogP contribution is 2.33. The third-order valence-corrected chi connectivity index (χ3v) is 3.82. The van der Waals surface area contributed by atoms with Crippen LogP contribution in [0.2, 0.25) is 10.0 Å². The summed E-state index contributed by atoms with van der Waals surface area (Å²) in [6.45, 7) is 5.94. The Balaban J connectivity index is 3.08. The molecule has 20 heavy (non-hydrogen) atoms. The van der Waals surface area contributed by atoms with Gasteiger partial charge < -0.3 is 5.32 Å². The molecule has 0 saturated carbocycles. The first kappa shape index (κ1) is 16.7. The zero-order chi connectivity index (χ0) is 15.4. The van der Waals surface area contributed by atoms with E-state index in [0.717, 1.165) is 12.5 Å². The van der Waals surface area contributed by atoms with Crippen LogP contribution in [0.5, 0.6) is 0 Å². The summed E-state index contributed by atoms with van der Waals surface area (Å²) in [5.74, 6) is -0.131. The van der Waals surface area contributed by atoms with Crippen molar-refractivity contribution < 1.29 is 9.72 Å². The van der Waals surface area contributed by atoms with Gasteiger partial charge in [0.2, 0.25) is 0 Å². The van der Waals surface area contributed by atoms with Gasteiger partial charge in [0, 0.05) is 17.7 Å². The Morgan fingerprint density at radius 1 is 1.40 bits per heavy atom. The van der Waals surface area contributed by atoms with Crippen LogP contribution in [-0.2, 0) is 0 Å². The van der Waals surface area contributed by atoms with Gasteiger partial charge in [0.15, 0.2) is 0 Å². The summed E-state index contributed by atoms with van der Waals surface area (Å²) in [6, 6.07) is 2.46. The molecular formula is C13H16Cl2N2O3. The summed E-state index contributed by atoms with van der Waals surface area (Å²) in [5.41, 5.74) is -0.243. The van der Waals surface area contributed by atoms with E-state index in [1.165, 1.54) is 6.07 Å². The fourth-order valence-corrected chi connectivity index (χ4v) is 2.22. The molecule has 0 fully saturated rings. The molecule has 0 aromatic heterocycles. The SMILES string of the molecule is CCC(NC(=O)c1cc(Cl)c(Cl)c([N+](=O)[O-])c1)C(C)C. The Morgan fingerprint density at radius 3 is 2.45 bits per heavy atom. The summed E-state index contributed by atoms with van der Waals surface area (Å²) in [7, 11) is 0. The molecule has 5 nitrogen and oxygen atoms in total. The predicted octanol–water partition coefficient (Wildman–Crippen LogP) is 4.07. The molecule has 0 spiro atoms. The molecule has 1 amide bonds. The number of nitro benzene ring substituents is 1. The number of nitro groups is 1. The fraction of sp³-hybridized carbons (Fsp3) is 0.462. The van der Waals surface area contributed by atoms with Crippen LogP contribution in [0, 0.1) is 16.0 Å². The van der Waals surface area contributed by atoms with Gasteiger partial charge in [0.1, 0.15) is 5.02 Å². The van der Waals surface area contributed by atoms with Crippen molar-refractivity contribution in [1.29, 1.82) is 0 Å². The molecule has 1 aromatic rings. The number of rotatable bonds is 5. The Kier molecular flexibility index (Phi) is 5.77. The molecule has 0 saturated heterocycles. The molecule has 1 N–H and O–H groups in total. The van der Waals surface area contributed by atoms with Crippen molar-refractivity contribution in [3.63, 3.8) is 0 Å². The minimum Gasteiger partial charge on any atom is -0.349 e. The van der Waals surface area contributed by atoms with E-state index in [9.17, 15) is 14.9 Å². The van der Waals surface area contributed by atoms with Crippen LogP contribution in [-0.4, -0.2) is 16.9 Å². The van der Waals surface area contributed by atoms with Gasteiger partial charge in [0.25, 0.3) is 11.6 Å². The van der Waals surface area contributed by atoms with Crippen molar-refractivity contribution >= 4 is 34.8 Å². The van der Waals surface area contributed by atoms with Crippen LogP contribution >= 0.6 is 23.2 Å². The minimum atomic E-state index is -0.662. The van der Waals surface area contributed by atoms with Crippen molar-refractivity contribution in [1.82, 2.24) is 5.32 Å². The molecule has 0 aliphatic rings. The third-order valence-electron chi connectivity index (χ3n) is 3.03. The van der Waals surface area contributed by atoms with E-state index in [-0.39, 0.29) is 33.3 Å². The average Bonchev–Trinajstić information content (AvgIpc) is 2.37. The smallest absolute Gasteiger partial charge is 0.290 e. The molecule has 1 aromatic carbocycles. The first-order valence-electron chi connectivity index (χ1n) is 6.22. The number of benzene rings is 1. The van der Waals surface area contributed by atoms with Crippen molar-refractivity contribution in [3.8, 4) is 0 Å². The predicted molar refractivity (Wildman–Crippen MR) is 79.5 cm³/mol. The lowest BCUT2D eigenvalue weighted by atomic mass is 10.0. The molecule has 0 heterocycles. The number of halogens is 2. The van der Waals surface area contributed by atoms with Crippen molar-refractivity contribution in [2.75, 3.05) is 0 Å². The monoisotopic (exact) mass is 318 g/mol. The van der Waals surface area contributed by atoms with E-state index >= 15 is 0 Å². The summed E-state index contributed by atoms with van der Waals surface area (Å²) in [6.07, 6.45) is 0.771. The van der Waals surface area contributed by atoms with Crippen LogP contribution in [0.15, 0.2) is 12.1 Å². The van der Waals surface area contributed by atoms with Crippen LogP contribution in [0.3, 0.4) is 0 Å². The number of hydrogen-bond donors (Lipinski definition) is 1. The molecule has 1 atom stereocenters. The summed E-state index contributed by atoms with van der Waals surface area (Å²) in [4.78, 5) is 22.3. The highest BCUT2D eigenvalue weighted by Gasteiger charge is 2.22. The van der Waals surface area contributed by atoms with E-state index in [2.05, 4.69) is 5.32 Å². The van der Waals surface area contributed by atoms with Crippen LogP contribution in [0.1, 0.15) is 37.6 Å². The highest BCUT2D eigenvalue weighted by molar-refractivity contribution is 6.43. The van der Waals surface area contributed by atoms with E-state index in [1.807, 2.05) is 20.8 Å². The second-order valence-electron chi connectivity index (χ2n) is 4.78. The molecule has 0 aliphatic carbocycles. The maximum atomic E-state index is 12.1. The number of amides is 1. The average molecular weight is 319 g/mol. The maximum absolute atomic E-state index is 12.1. The van der Waals surface area contributed by atoms with Crippen molar-refractivity contribution in [2.24, 2.45) is 5.92 Å². The molecule has 0 bridgehead atoms. The minimum absolute atomic E-state index is 0.00369. The van der Waals surface area contributed by atoms with E-state index < -0.39 is 10.8 Å². The lowest BCUT2D eigenvalue weighted by molar-refractivity contribution is -0.384. The number of carbonyl (C=O) groups excluding carboxylic acids is 1. The van der Waals surface area contributed by atoms with Crippen molar-refractivity contribution in [2.45, 2.75) is 33.2 Å². The second kappa shape index (κ2) is 6.90. The normalized spacial score (nSPS) is 12.3. The fourth-order valence-electron chi connectivity index (χ4n) is 1.83. The quantitative estimate of drug-likeness (QED) is 0.657. The lowest BCUT2D eigenvalue weighted by Crippen LogP contribution is -2.38. The van der Waals surface area contributed by atoms with Gasteiger partial charge in [-0.05, 0) is 18.4 Å². The highest BCUT2D eigenvalue weighted by atomic mass is 35.5. The first-order valence-corrected chi connectivity index (χ1v) is 6.97. The maximum Gasteiger partial charge on any atom is 0.290 e. The Labute approximate surface area is 127 Å². The summed E-state index contributed by atoms with van der Waals surface area (Å²) >= 11 is 11.6. The second-order valence-corrected chi connectivity index (χ2v) is 5.57. The topological polar surface area (TPSA) is 72.2 Å². The number of nitrogens with one attached hydrogen (secondary N) is 1. The zero-order valence-electron chi connectivity index (χ0n) is 11.4. The largest absolute Gasteiger partial charge is 0.349 e. The molecule has 110 valence electrons. The Morgan fingerprint density at radius 2 is 2.00 bits per heavy atom. The number of carbonyl (C=O) groups is 1. The van der Waals surface area contributed by atoms with E-state index in [0.29, 0.717) is 0 Å². The molecule has 0 aliphatic heterocycles. The standard InChI is InChI=1S/C13H16Cl2N2O3/c1-4-10(7(2)3)16-13(18)8-5-9(14)12(15)11(6-8)17(19)20/h5-7,10H,4H2,1-3H3,(H,16,18). The van der Waals surface area contributed by atoms with Crippen LogP contribution in [0.25, 0.3) is 0 Å². The zero-order valence-corrected chi connectivity index (χ0v) is 13.0. The van der Waals surface area contributed by atoms with Crippen molar-refractivity contribution in [3.05, 3.63) is 37.9 Å². The Hall–Kier alpha value is -1.33. The summed E-state index contributed by atoms with van der Waals surface area (Å²) < 4.78 is 0. The third kappa shape index (κ3) is 3.84. The van der Waals surface area contributed by atoms with E-state index in [1.54, 1.807) is 0 Å². The molecule has 1 rings (SSSR count). The number of nitrogens with zero attached hydrogens (tertiary/aromatic N) is 1. The lowest BCUT2D eigenvalue weighted by Gasteiger charge is -2.20. The molecule has 1 unspecified atom stereocenters. The van der Waals surface area contributed by atoms with E-state index in [4.69, 9.17) is 23.2 Å². The van der Waals surface area contributed by atoms with Crippen LogP contribution in [0.4, 0.5) is 5.69 Å².